The fourth-order valence-corrected chi connectivity index (χ4v) is 8.64. The second-order valence-corrected chi connectivity index (χ2v) is 14.7. The summed E-state index contributed by atoms with van der Waals surface area (Å²) >= 11 is 1.86. The molecule has 55 heavy (non-hydrogen) atoms. The zero-order chi connectivity index (χ0) is 36.6. The molecule has 4 heteroatoms. The summed E-state index contributed by atoms with van der Waals surface area (Å²) in [4.78, 5) is 15.4. The molecule has 0 N–H and O–H groups in total. The number of aromatic nitrogens is 3. The van der Waals surface area contributed by atoms with Gasteiger partial charge < -0.3 is 0 Å². The van der Waals surface area contributed by atoms with Crippen molar-refractivity contribution in [2.75, 3.05) is 0 Å². The van der Waals surface area contributed by atoms with Gasteiger partial charge in [-0.2, -0.15) is 0 Å². The Kier molecular flexibility index (Phi) is 8.36. The number of rotatable bonds is 7. The summed E-state index contributed by atoms with van der Waals surface area (Å²) in [6, 6.07) is 70.4. The van der Waals surface area contributed by atoms with Crippen molar-refractivity contribution in [3.63, 3.8) is 0 Å². The first-order chi connectivity index (χ1) is 27.2. The van der Waals surface area contributed by atoms with Crippen LogP contribution in [0.1, 0.15) is 0 Å². The predicted octanol–water partition coefficient (Wildman–Crippen LogP) is 13.9. The molecule has 8 aromatic carbocycles. The molecule has 0 amide bonds. The van der Waals surface area contributed by atoms with E-state index in [1.807, 2.05) is 29.5 Å². The van der Waals surface area contributed by atoms with Crippen LogP contribution >= 0.6 is 11.3 Å². The van der Waals surface area contributed by atoms with Gasteiger partial charge >= 0.3 is 0 Å². The van der Waals surface area contributed by atoms with E-state index < -0.39 is 0 Å². The van der Waals surface area contributed by atoms with Crippen LogP contribution in [0.3, 0.4) is 0 Å². The molecule has 0 saturated heterocycles. The molecular weight excluding hydrogens is 687 g/mol. The van der Waals surface area contributed by atoms with Crippen LogP contribution in [0.15, 0.2) is 200 Å². The Labute approximate surface area is 323 Å². The second-order valence-electron chi connectivity index (χ2n) is 13.6. The maximum absolute atomic E-state index is 5.13. The van der Waals surface area contributed by atoms with E-state index in [0.29, 0.717) is 17.5 Å². The van der Waals surface area contributed by atoms with Gasteiger partial charge in [0.05, 0.1) is 0 Å². The van der Waals surface area contributed by atoms with Crippen molar-refractivity contribution in [3.8, 4) is 78.7 Å². The maximum atomic E-state index is 5.13. The normalized spacial score (nSPS) is 11.3. The lowest BCUT2D eigenvalue weighted by atomic mass is 9.98. The van der Waals surface area contributed by atoms with Gasteiger partial charge in [0.2, 0.25) is 0 Å². The van der Waals surface area contributed by atoms with Gasteiger partial charge in [0.1, 0.15) is 0 Å². The van der Waals surface area contributed by atoms with Gasteiger partial charge in [-0.3, -0.25) is 0 Å². The highest BCUT2D eigenvalue weighted by Crippen LogP contribution is 2.40. The fourth-order valence-electron chi connectivity index (χ4n) is 7.40. The summed E-state index contributed by atoms with van der Waals surface area (Å²) in [6.45, 7) is 0. The number of thiophene rings is 1. The molecule has 3 nitrogen and oxygen atoms in total. The highest BCUT2D eigenvalue weighted by Gasteiger charge is 2.17. The molecule has 0 atom stereocenters. The van der Waals surface area contributed by atoms with Gasteiger partial charge in [-0.15, -0.1) is 11.3 Å². The number of hydrogen-bond acceptors (Lipinski definition) is 4. The summed E-state index contributed by atoms with van der Waals surface area (Å²) in [5.41, 5.74) is 12.1. The minimum Gasteiger partial charge on any atom is -0.208 e. The van der Waals surface area contributed by atoms with Crippen LogP contribution in [0.25, 0.3) is 98.8 Å². The zero-order valence-corrected chi connectivity index (χ0v) is 30.6. The molecule has 0 fully saturated rings. The second kappa shape index (κ2) is 14.1. The molecule has 2 heterocycles. The average Bonchev–Trinajstić information content (AvgIpc) is 3.66. The van der Waals surface area contributed by atoms with Gasteiger partial charge in [0.15, 0.2) is 17.5 Å². The van der Waals surface area contributed by atoms with Crippen molar-refractivity contribution < 1.29 is 0 Å². The van der Waals surface area contributed by atoms with Crippen molar-refractivity contribution in [3.05, 3.63) is 200 Å². The third-order valence-corrected chi connectivity index (χ3v) is 11.4. The molecule has 0 aliphatic heterocycles. The van der Waals surface area contributed by atoms with Crippen molar-refractivity contribution in [1.82, 2.24) is 15.0 Å². The quantitative estimate of drug-likeness (QED) is 0.165. The monoisotopic (exact) mass is 719 g/mol. The Balaban J connectivity index is 1.03. The molecule has 0 aliphatic carbocycles. The van der Waals surface area contributed by atoms with Gasteiger partial charge in [0.25, 0.3) is 0 Å². The first kappa shape index (κ1) is 32.6. The van der Waals surface area contributed by atoms with E-state index in [9.17, 15) is 0 Å². The molecular formula is C51H33N3S. The van der Waals surface area contributed by atoms with Crippen LogP contribution in [0.2, 0.25) is 0 Å². The van der Waals surface area contributed by atoms with Crippen LogP contribution < -0.4 is 0 Å². The number of fused-ring (bicyclic) bond motifs is 3. The van der Waals surface area contributed by atoms with Crippen LogP contribution in [0, 0.1) is 0 Å². The SMILES string of the molecule is c1ccc(-c2cccc(-c3nc(-c4ccc(-c5ccc(-c6cccc7c6sc6ccccc67)cc5)cc4)nc(-c4ccccc4-c4ccccc4)n3)c2)cc1. The molecule has 10 aromatic rings. The average molecular weight is 720 g/mol. The topological polar surface area (TPSA) is 38.7 Å². The molecule has 0 aliphatic rings. The largest absolute Gasteiger partial charge is 0.208 e. The lowest BCUT2D eigenvalue weighted by molar-refractivity contribution is 1.07. The Morgan fingerprint density at radius 2 is 0.727 bits per heavy atom. The molecule has 0 spiro atoms. The number of benzene rings is 8. The van der Waals surface area contributed by atoms with Crippen LogP contribution in [-0.2, 0) is 0 Å². The minimum absolute atomic E-state index is 0.631. The first-order valence-electron chi connectivity index (χ1n) is 18.4. The minimum atomic E-state index is 0.631. The van der Waals surface area contributed by atoms with E-state index in [1.165, 1.54) is 31.3 Å². The Morgan fingerprint density at radius 3 is 1.47 bits per heavy atom. The summed E-state index contributed by atoms with van der Waals surface area (Å²) in [7, 11) is 0. The third kappa shape index (κ3) is 6.29. The predicted molar refractivity (Wildman–Crippen MR) is 231 cm³/mol. The van der Waals surface area contributed by atoms with E-state index in [1.54, 1.807) is 0 Å². The van der Waals surface area contributed by atoms with Gasteiger partial charge in [0, 0.05) is 36.9 Å². The first-order valence-corrected chi connectivity index (χ1v) is 19.3. The summed E-state index contributed by atoms with van der Waals surface area (Å²) in [6.07, 6.45) is 0. The molecule has 2 aromatic heterocycles. The van der Waals surface area contributed by atoms with E-state index in [-0.39, 0.29) is 0 Å². The van der Waals surface area contributed by atoms with E-state index in [2.05, 4.69) is 182 Å². The van der Waals surface area contributed by atoms with Gasteiger partial charge in [-0.1, -0.05) is 188 Å². The highest BCUT2D eigenvalue weighted by molar-refractivity contribution is 7.26. The van der Waals surface area contributed by atoms with Crippen LogP contribution in [-0.4, -0.2) is 15.0 Å². The molecule has 0 bridgehead atoms. The highest BCUT2D eigenvalue weighted by atomic mass is 32.1. The van der Waals surface area contributed by atoms with Crippen LogP contribution in [0.4, 0.5) is 0 Å². The molecule has 258 valence electrons. The Morgan fingerprint density at radius 1 is 0.273 bits per heavy atom. The summed E-state index contributed by atoms with van der Waals surface area (Å²) < 4.78 is 2.65. The molecule has 0 unspecified atom stereocenters. The Bertz CT molecular complexity index is 2950. The van der Waals surface area contributed by atoms with Crippen molar-refractivity contribution >= 4 is 31.5 Å². The van der Waals surface area contributed by atoms with Crippen molar-refractivity contribution in [2.24, 2.45) is 0 Å². The zero-order valence-electron chi connectivity index (χ0n) is 29.8. The smallest absolute Gasteiger partial charge is 0.164 e. The van der Waals surface area contributed by atoms with Gasteiger partial charge in [-0.25, -0.2) is 15.0 Å². The molecule has 0 saturated carbocycles. The number of hydrogen-bond donors (Lipinski definition) is 0. The number of nitrogens with zero attached hydrogens (tertiary/aromatic N) is 3. The van der Waals surface area contributed by atoms with Crippen molar-refractivity contribution in [1.29, 1.82) is 0 Å². The van der Waals surface area contributed by atoms with E-state index >= 15 is 0 Å². The lowest BCUT2D eigenvalue weighted by Crippen LogP contribution is -2.01. The summed E-state index contributed by atoms with van der Waals surface area (Å²) in [5, 5.41) is 2.63. The summed E-state index contributed by atoms with van der Waals surface area (Å²) in [5.74, 6) is 1.90. The fraction of sp³-hybridized carbons (Fsp3) is 0. The van der Waals surface area contributed by atoms with Crippen LogP contribution in [0.5, 0.6) is 0 Å². The standard InChI is InChI=1S/C51H33N3S/c1-3-13-34(14-4-1)40-17-11-18-41(33-40)50-52-49(53-51(54-50)46-21-8-7-19-42(46)37-15-5-2-6-16-37)39-31-27-36(28-32-39)35-25-29-38(30-26-35)43-22-12-23-45-44-20-9-10-24-47(44)55-48(43)45/h1-33H. The lowest BCUT2D eigenvalue weighted by Gasteiger charge is -2.13. The van der Waals surface area contributed by atoms with E-state index in [4.69, 9.17) is 15.0 Å². The maximum Gasteiger partial charge on any atom is 0.164 e. The van der Waals surface area contributed by atoms with Gasteiger partial charge in [-0.05, 0) is 56.6 Å². The third-order valence-electron chi connectivity index (χ3n) is 10.2. The molecule has 10 rings (SSSR count). The van der Waals surface area contributed by atoms with Crippen molar-refractivity contribution in [2.45, 2.75) is 0 Å². The van der Waals surface area contributed by atoms with E-state index in [0.717, 1.165) is 50.1 Å². The Hall–Kier alpha value is -7.01. The molecule has 0 radical (unpaired) electrons.